The molecule has 1 heterocycles. The number of hydrogen-bond acceptors (Lipinski definition) is 3. The van der Waals surface area contributed by atoms with Crippen LogP contribution in [-0.2, 0) is 10.0 Å². The summed E-state index contributed by atoms with van der Waals surface area (Å²) < 4.78 is 39.2. The molecule has 1 aromatic rings. The van der Waals surface area contributed by atoms with Crippen molar-refractivity contribution in [3.63, 3.8) is 0 Å². The van der Waals surface area contributed by atoms with Gasteiger partial charge in [-0.3, -0.25) is 0 Å². The normalized spacial score (nSPS) is 21.4. The molecule has 2 rings (SSSR count). The number of halogens is 1. The molecule has 1 unspecified atom stereocenters. The summed E-state index contributed by atoms with van der Waals surface area (Å²) in [5.41, 5.74) is 0.302. The van der Waals surface area contributed by atoms with Crippen molar-refractivity contribution >= 4 is 10.0 Å². The van der Waals surface area contributed by atoms with Crippen LogP contribution in [0.2, 0.25) is 0 Å². The summed E-state index contributed by atoms with van der Waals surface area (Å²) in [6, 6.07) is 3.40. The lowest BCUT2D eigenvalue weighted by Gasteiger charge is -2.22. The van der Waals surface area contributed by atoms with E-state index in [0.717, 1.165) is 12.5 Å². The highest BCUT2D eigenvalue weighted by Gasteiger charge is 2.34. The van der Waals surface area contributed by atoms with Gasteiger partial charge >= 0.3 is 0 Å². The lowest BCUT2D eigenvalue weighted by molar-refractivity contribution is 0.213. The first-order chi connectivity index (χ1) is 8.46. The Hall–Kier alpha value is -0.980. The second kappa shape index (κ2) is 4.95. The van der Waals surface area contributed by atoms with Crippen molar-refractivity contribution in [2.75, 3.05) is 13.2 Å². The maximum atomic E-state index is 13.2. The SMILES string of the molecule is Cc1cc(S(=O)(=O)N2CCCC2CO)ccc1F. The molecule has 0 aromatic heterocycles. The molecule has 100 valence electrons. The lowest BCUT2D eigenvalue weighted by atomic mass is 10.2. The molecular formula is C12H16FNO3S. The van der Waals surface area contributed by atoms with Crippen LogP contribution >= 0.6 is 0 Å². The van der Waals surface area contributed by atoms with Crippen LogP contribution in [-0.4, -0.2) is 37.0 Å². The Bertz CT molecular complexity index is 544. The van der Waals surface area contributed by atoms with Gasteiger partial charge in [-0.05, 0) is 43.5 Å². The number of benzene rings is 1. The molecule has 1 aromatic carbocycles. The van der Waals surface area contributed by atoms with E-state index in [0.29, 0.717) is 18.5 Å². The summed E-state index contributed by atoms with van der Waals surface area (Å²) in [5, 5.41) is 9.18. The standard InChI is InChI=1S/C12H16FNO3S/c1-9-7-11(4-5-12(9)13)18(16,17)14-6-2-3-10(14)8-15/h4-5,7,10,15H,2-3,6,8H2,1H3. The van der Waals surface area contributed by atoms with E-state index in [1.165, 1.54) is 23.4 Å². The van der Waals surface area contributed by atoms with Gasteiger partial charge < -0.3 is 5.11 Å². The maximum Gasteiger partial charge on any atom is 0.243 e. The second-order valence-electron chi connectivity index (χ2n) is 4.51. The zero-order valence-corrected chi connectivity index (χ0v) is 11.0. The number of sulfonamides is 1. The molecule has 0 spiro atoms. The third-order valence-electron chi connectivity index (χ3n) is 3.27. The van der Waals surface area contributed by atoms with Crippen LogP contribution in [0.4, 0.5) is 4.39 Å². The smallest absolute Gasteiger partial charge is 0.243 e. The molecule has 1 atom stereocenters. The van der Waals surface area contributed by atoms with E-state index in [1.54, 1.807) is 0 Å². The molecule has 1 fully saturated rings. The minimum Gasteiger partial charge on any atom is -0.395 e. The third-order valence-corrected chi connectivity index (χ3v) is 5.22. The quantitative estimate of drug-likeness (QED) is 0.902. The predicted molar refractivity (Wildman–Crippen MR) is 65.1 cm³/mol. The first kappa shape index (κ1) is 13.5. The van der Waals surface area contributed by atoms with E-state index in [4.69, 9.17) is 0 Å². The number of aliphatic hydroxyl groups is 1. The first-order valence-corrected chi connectivity index (χ1v) is 7.29. The van der Waals surface area contributed by atoms with Crippen molar-refractivity contribution in [3.05, 3.63) is 29.6 Å². The van der Waals surface area contributed by atoms with Crippen molar-refractivity contribution in [2.24, 2.45) is 0 Å². The van der Waals surface area contributed by atoms with Crippen molar-refractivity contribution in [1.82, 2.24) is 4.31 Å². The van der Waals surface area contributed by atoms with Gasteiger partial charge in [0.15, 0.2) is 0 Å². The topological polar surface area (TPSA) is 57.6 Å². The van der Waals surface area contributed by atoms with Gasteiger partial charge in [0.05, 0.1) is 11.5 Å². The number of hydrogen-bond donors (Lipinski definition) is 1. The van der Waals surface area contributed by atoms with Gasteiger partial charge in [0.2, 0.25) is 10.0 Å². The van der Waals surface area contributed by atoms with Crippen molar-refractivity contribution in [1.29, 1.82) is 0 Å². The van der Waals surface area contributed by atoms with E-state index in [-0.39, 0.29) is 17.5 Å². The van der Waals surface area contributed by atoms with Gasteiger partial charge in [-0.1, -0.05) is 0 Å². The summed E-state index contributed by atoms with van der Waals surface area (Å²) in [4.78, 5) is 0.0850. The van der Waals surface area contributed by atoms with Gasteiger partial charge in [-0.25, -0.2) is 12.8 Å². The summed E-state index contributed by atoms with van der Waals surface area (Å²) in [5.74, 6) is -0.422. The van der Waals surface area contributed by atoms with Crippen LogP contribution in [0.15, 0.2) is 23.1 Å². The average molecular weight is 273 g/mol. The van der Waals surface area contributed by atoms with Crippen LogP contribution in [0.25, 0.3) is 0 Å². The van der Waals surface area contributed by atoms with E-state index in [9.17, 15) is 17.9 Å². The Morgan fingerprint density at radius 1 is 1.50 bits per heavy atom. The fourth-order valence-corrected chi connectivity index (χ4v) is 3.99. The summed E-state index contributed by atoms with van der Waals surface area (Å²) in [7, 11) is -3.63. The molecule has 1 aliphatic rings. The first-order valence-electron chi connectivity index (χ1n) is 5.85. The lowest BCUT2D eigenvalue weighted by Crippen LogP contribution is -2.37. The molecule has 4 nitrogen and oxygen atoms in total. The van der Waals surface area contributed by atoms with E-state index in [2.05, 4.69) is 0 Å². The largest absolute Gasteiger partial charge is 0.395 e. The van der Waals surface area contributed by atoms with E-state index < -0.39 is 15.8 Å². The maximum absolute atomic E-state index is 13.2. The number of aliphatic hydroxyl groups excluding tert-OH is 1. The van der Waals surface area contributed by atoms with Gasteiger partial charge in [0, 0.05) is 12.6 Å². The van der Waals surface area contributed by atoms with Crippen LogP contribution in [0.1, 0.15) is 18.4 Å². The molecule has 1 saturated heterocycles. The minimum atomic E-state index is -3.63. The molecule has 6 heteroatoms. The Morgan fingerprint density at radius 3 is 2.83 bits per heavy atom. The minimum absolute atomic E-state index is 0.0850. The Balaban J connectivity index is 2.38. The summed E-state index contributed by atoms with van der Waals surface area (Å²) in [6.07, 6.45) is 1.40. The molecule has 0 amide bonds. The highest BCUT2D eigenvalue weighted by Crippen LogP contribution is 2.26. The van der Waals surface area contributed by atoms with Gasteiger partial charge in [0.1, 0.15) is 5.82 Å². The Morgan fingerprint density at radius 2 is 2.22 bits per heavy atom. The van der Waals surface area contributed by atoms with Crippen molar-refractivity contribution < 1.29 is 17.9 Å². The zero-order valence-electron chi connectivity index (χ0n) is 10.1. The molecule has 0 aliphatic carbocycles. The van der Waals surface area contributed by atoms with Gasteiger partial charge in [-0.15, -0.1) is 0 Å². The number of rotatable bonds is 3. The highest BCUT2D eigenvalue weighted by atomic mass is 32.2. The van der Waals surface area contributed by atoms with E-state index >= 15 is 0 Å². The van der Waals surface area contributed by atoms with Crippen LogP contribution in [0.5, 0.6) is 0 Å². The highest BCUT2D eigenvalue weighted by molar-refractivity contribution is 7.89. The van der Waals surface area contributed by atoms with Crippen molar-refractivity contribution in [2.45, 2.75) is 30.7 Å². The Kier molecular flexibility index (Phi) is 3.70. The van der Waals surface area contributed by atoms with Gasteiger partial charge in [-0.2, -0.15) is 4.31 Å². The van der Waals surface area contributed by atoms with Crippen molar-refractivity contribution in [3.8, 4) is 0 Å². The summed E-state index contributed by atoms with van der Waals surface area (Å²) >= 11 is 0. The summed E-state index contributed by atoms with van der Waals surface area (Å²) in [6.45, 7) is 1.76. The number of nitrogens with zero attached hydrogens (tertiary/aromatic N) is 1. The molecular weight excluding hydrogens is 257 g/mol. The molecule has 18 heavy (non-hydrogen) atoms. The molecule has 1 aliphatic heterocycles. The molecule has 0 radical (unpaired) electrons. The number of aryl methyl sites for hydroxylation is 1. The monoisotopic (exact) mass is 273 g/mol. The van der Waals surface area contributed by atoms with Crippen LogP contribution in [0.3, 0.4) is 0 Å². The fraction of sp³-hybridized carbons (Fsp3) is 0.500. The predicted octanol–water partition coefficient (Wildman–Crippen LogP) is 1.28. The zero-order chi connectivity index (χ0) is 13.3. The van der Waals surface area contributed by atoms with Crippen LogP contribution < -0.4 is 0 Å². The Labute approximate surface area is 106 Å². The third kappa shape index (κ3) is 2.28. The molecule has 0 saturated carbocycles. The van der Waals surface area contributed by atoms with Gasteiger partial charge in [0.25, 0.3) is 0 Å². The average Bonchev–Trinajstić information content (AvgIpc) is 2.81. The van der Waals surface area contributed by atoms with E-state index in [1.807, 2.05) is 0 Å². The van der Waals surface area contributed by atoms with Crippen LogP contribution in [0, 0.1) is 12.7 Å². The molecule has 0 bridgehead atoms. The fourth-order valence-electron chi connectivity index (χ4n) is 2.22. The molecule has 1 N–H and O–H groups in total. The second-order valence-corrected chi connectivity index (χ2v) is 6.40.